The molecule has 3 nitrogen and oxygen atoms in total. The Hall–Kier alpha value is -2.24. The Kier molecular flexibility index (Phi) is 5.00. The second kappa shape index (κ2) is 7.56. The van der Waals surface area contributed by atoms with Crippen LogP contribution in [-0.4, -0.2) is 29.0 Å². The number of halogens is 2. The average molecular weight is 355 g/mol. The van der Waals surface area contributed by atoms with Crippen molar-refractivity contribution >= 4 is 10.9 Å². The van der Waals surface area contributed by atoms with Crippen molar-refractivity contribution in [3.63, 3.8) is 0 Å². The zero-order valence-electron chi connectivity index (χ0n) is 14.6. The number of aromatic nitrogens is 1. The molecule has 1 fully saturated rings. The minimum absolute atomic E-state index is 0.491. The van der Waals surface area contributed by atoms with Crippen LogP contribution in [0.4, 0.5) is 8.78 Å². The summed E-state index contributed by atoms with van der Waals surface area (Å²) < 4.78 is 26.4. The lowest BCUT2D eigenvalue weighted by molar-refractivity contribution is 0.190. The first-order chi connectivity index (χ1) is 12.7. The van der Waals surface area contributed by atoms with Gasteiger partial charge in [-0.25, -0.2) is 8.78 Å². The molecular weight excluding hydrogens is 332 g/mol. The second-order valence-electron chi connectivity index (χ2n) is 7.04. The average Bonchev–Trinajstić information content (AvgIpc) is 3.14. The van der Waals surface area contributed by atoms with Crippen LogP contribution in [0.3, 0.4) is 0 Å². The molecule has 0 unspecified atom stereocenters. The highest BCUT2D eigenvalue weighted by atomic mass is 19.2. The van der Waals surface area contributed by atoms with Crippen LogP contribution in [0.1, 0.15) is 24.0 Å². The van der Waals surface area contributed by atoms with Gasteiger partial charge in [-0.3, -0.25) is 4.90 Å². The van der Waals surface area contributed by atoms with Gasteiger partial charge in [0.05, 0.1) is 0 Å². The molecule has 136 valence electrons. The standard InChI is InChI=1S/C21H23F2N3/c22-19-5-4-15(12-20(19)23)14-26-10-7-17(8-11-26)25-13-16-2-1-3-21-18(16)6-9-24-21/h1-6,9,12,17,24-25H,7-8,10-11,13-14H2. The molecule has 0 radical (unpaired) electrons. The van der Waals surface area contributed by atoms with Gasteiger partial charge >= 0.3 is 0 Å². The lowest BCUT2D eigenvalue weighted by Gasteiger charge is -2.32. The van der Waals surface area contributed by atoms with E-state index in [2.05, 4.69) is 39.5 Å². The summed E-state index contributed by atoms with van der Waals surface area (Å²) in [7, 11) is 0. The van der Waals surface area contributed by atoms with Gasteiger partial charge in [-0.1, -0.05) is 18.2 Å². The molecule has 1 aromatic heterocycles. The van der Waals surface area contributed by atoms with Gasteiger partial charge in [-0.2, -0.15) is 0 Å². The Balaban J connectivity index is 1.28. The quantitative estimate of drug-likeness (QED) is 0.719. The van der Waals surface area contributed by atoms with Crippen molar-refractivity contribution < 1.29 is 8.78 Å². The van der Waals surface area contributed by atoms with Crippen LogP contribution in [0.15, 0.2) is 48.7 Å². The first-order valence-corrected chi connectivity index (χ1v) is 9.14. The molecule has 0 aliphatic carbocycles. The highest BCUT2D eigenvalue weighted by Crippen LogP contribution is 2.19. The third kappa shape index (κ3) is 3.79. The SMILES string of the molecule is Fc1ccc(CN2CCC(NCc3cccc4[nH]ccc34)CC2)cc1F. The van der Waals surface area contributed by atoms with E-state index in [0.717, 1.165) is 38.0 Å². The van der Waals surface area contributed by atoms with E-state index in [9.17, 15) is 8.78 Å². The fourth-order valence-electron chi connectivity index (χ4n) is 3.75. The number of benzene rings is 2. The minimum Gasteiger partial charge on any atom is -0.361 e. The summed E-state index contributed by atoms with van der Waals surface area (Å²) in [5.74, 6) is -1.55. The van der Waals surface area contributed by atoms with E-state index in [1.165, 1.54) is 28.6 Å². The molecule has 0 atom stereocenters. The van der Waals surface area contributed by atoms with Gasteiger partial charge in [-0.15, -0.1) is 0 Å². The Morgan fingerprint density at radius 3 is 2.69 bits per heavy atom. The lowest BCUT2D eigenvalue weighted by Crippen LogP contribution is -2.41. The van der Waals surface area contributed by atoms with Crippen molar-refractivity contribution in [3.05, 3.63) is 71.4 Å². The molecule has 3 aromatic rings. The van der Waals surface area contributed by atoms with Gasteiger partial charge in [0.15, 0.2) is 11.6 Å². The van der Waals surface area contributed by atoms with Crippen LogP contribution in [0.2, 0.25) is 0 Å². The van der Waals surface area contributed by atoms with Crippen molar-refractivity contribution in [1.29, 1.82) is 0 Å². The highest BCUT2D eigenvalue weighted by Gasteiger charge is 2.19. The van der Waals surface area contributed by atoms with Gasteiger partial charge in [0.1, 0.15) is 0 Å². The van der Waals surface area contributed by atoms with Crippen LogP contribution in [-0.2, 0) is 13.1 Å². The molecule has 0 saturated carbocycles. The van der Waals surface area contributed by atoms with Gasteiger partial charge in [0.2, 0.25) is 0 Å². The molecule has 1 aliphatic rings. The van der Waals surface area contributed by atoms with E-state index in [0.29, 0.717) is 12.6 Å². The Bertz CT molecular complexity index is 882. The minimum atomic E-state index is -0.783. The molecule has 4 rings (SSSR count). The molecule has 2 aromatic carbocycles. The first kappa shape index (κ1) is 17.2. The molecule has 1 aliphatic heterocycles. The molecular formula is C21H23F2N3. The number of nitrogens with one attached hydrogen (secondary N) is 2. The van der Waals surface area contributed by atoms with Crippen LogP contribution in [0.5, 0.6) is 0 Å². The van der Waals surface area contributed by atoms with E-state index in [1.54, 1.807) is 6.07 Å². The summed E-state index contributed by atoms with van der Waals surface area (Å²) in [6.45, 7) is 3.46. The zero-order chi connectivity index (χ0) is 17.9. The second-order valence-corrected chi connectivity index (χ2v) is 7.04. The topological polar surface area (TPSA) is 31.1 Å². The summed E-state index contributed by atoms with van der Waals surface area (Å²) >= 11 is 0. The normalized spacial score (nSPS) is 16.4. The van der Waals surface area contributed by atoms with Crippen LogP contribution in [0, 0.1) is 11.6 Å². The molecule has 0 amide bonds. The van der Waals surface area contributed by atoms with Crippen molar-refractivity contribution in [1.82, 2.24) is 15.2 Å². The zero-order valence-corrected chi connectivity index (χ0v) is 14.6. The maximum absolute atomic E-state index is 13.3. The van der Waals surface area contributed by atoms with Gasteiger partial charge < -0.3 is 10.3 Å². The van der Waals surface area contributed by atoms with Gasteiger partial charge in [-0.05, 0) is 61.3 Å². The predicted molar refractivity (Wildman–Crippen MR) is 99.8 cm³/mol. The maximum Gasteiger partial charge on any atom is 0.159 e. The summed E-state index contributed by atoms with van der Waals surface area (Å²) in [5.41, 5.74) is 3.31. The lowest BCUT2D eigenvalue weighted by atomic mass is 10.0. The van der Waals surface area contributed by atoms with Crippen molar-refractivity contribution in [2.24, 2.45) is 0 Å². The van der Waals surface area contributed by atoms with Gasteiger partial charge in [0, 0.05) is 36.2 Å². The van der Waals surface area contributed by atoms with E-state index in [1.807, 2.05) is 6.20 Å². The number of hydrogen-bond acceptors (Lipinski definition) is 2. The van der Waals surface area contributed by atoms with Crippen LogP contribution < -0.4 is 5.32 Å². The highest BCUT2D eigenvalue weighted by molar-refractivity contribution is 5.82. The third-order valence-corrected chi connectivity index (χ3v) is 5.24. The van der Waals surface area contributed by atoms with E-state index < -0.39 is 11.6 Å². The van der Waals surface area contributed by atoms with E-state index in [4.69, 9.17) is 0 Å². The van der Waals surface area contributed by atoms with Crippen molar-refractivity contribution in [2.45, 2.75) is 32.0 Å². The largest absolute Gasteiger partial charge is 0.361 e. The number of hydrogen-bond donors (Lipinski definition) is 2. The number of H-pyrrole nitrogens is 1. The molecule has 0 spiro atoms. The fourth-order valence-corrected chi connectivity index (χ4v) is 3.75. The van der Waals surface area contributed by atoms with Crippen LogP contribution >= 0.6 is 0 Å². The first-order valence-electron chi connectivity index (χ1n) is 9.14. The third-order valence-electron chi connectivity index (χ3n) is 5.24. The molecule has 0 bridgehead atoms. The van der Waals surface area contributed by atoms with E-state index in [-0.39, 0.29) is 0 Å². The van der Waals surface area contributed by atoms with E-state index >= 15 is 0 Å². The predicted octanol–water partition coefficient (Wildman–Crippen LogP) is 4.20. The monoisotopic (exact) mass is 355 g/mol. The maximum atomic E-state index is 13.3. The molecule has 2 N–H and O–H groups in total. The van der Waals surface area contributed by atoms with Crippen molar-refractivity contribution in [2.75, 3.05) is 13.1 Å². The Morgan fingerprint density at radius 1 is 1.04 bits per heavy atom. The summed E-state index contributed by atoms with van der Waals surface area (Å²) in [6.07, 6.45) is 4.10. The van der Waals surface area contributed by atoms with Gasteiger partial charge in [0.25, 0.3) is 0 Å². The summed E-state index contributed by atoms with van der Waals surface area (Å²) in [4.78, 5) is 5.55. The molecule has 1 saturated heterocycles. The number of rotatable bonds is 5. The molecule has 26 heavy (non-hydrogen) atoms. The fraction of sp³-hybridized carbons (Fsp3) is 0.333. The van der Waals surface area contributed by atoms with Crippen LogP contribution in [0.25, 0.3) is 10.9 Å². The number of fused-ring (bicyclic) bond motifs is 1. The Labute approximate surface area is 152 Å². The number of piperidine rings is 1. The molecule has 5 heteroatoms. The van der Waals surface area contributed by atoms with Crippen molar-refractivity contribution in [3.8, 4) is 0 Å². The summed E-state index contributed by atoms with van der Waals surface area (Å²) in [6, 6.07) is 13.1. The number of nitrogens with zero attached hydrogens (tertiary/aromatic N) is 1. The number of likely N-dealkylation sites (tertiary alicyclic amines) is 1. The summed E-state index contributed by atoms with van der Waals surface area (Å²) in [5, 5.41) is 4.94. The Morgan fingerprint density at radius 2 is 1.88 bits per heavy atom. The molecule has 2 heterocycles. The smallest absolute Gasteiger partial charge is 0.159 e. The number of aromatic amines is 1.